The third kappa shape index (κ3) is 4.73. The Morgan fingerprint density at radius 2 is 1.73 bits per heavy atom. The van der Waals surface area contributed by atoms with Crippen LogP contribution in [0.2, 0.25) is 0 Å². The maximum Gasteiger partial charge on any atom is 0.119 e. The summed E-state index contributed by atoms with van der Waals surface area (Å²) in [5, 5.41) is 39.2. The van der Waals surface area contributed by atoms with Gasteiger partial charge < -0.3 is 29.9 Å². The summed E-state index contributed by atoms with van der Waals surface area (Å²) >= 11 is 0. The van der Waals surface area contributed by atoms with Crippen molar-refractivity contribution in [2.24, 2.45) is 0 Å². The van der Waals surface area contributed by atoms with Gasteiger partial charge in [-0.05, 0) is 24.1 Å². The van der Waals surface area contributed by atoms with Crippen LogP contribution in [-0.2, 0) is 11.2 Å². The van der Waals surface area contributed by atoms with Gasteiger partial charge in [0.25, 0.3) is 0 Å². The molecule has 1 aromatic carbocycles. The van der Waals surface area contributed by atoms with Gasteiger partial charge in [0.1, 0.15) is 24.1 Å². The SMILES string of the molecule is OC[C@H]1[C@@H](O)[C@H](O)[C@@H](O)CN1CCc1ccc(OC2CCOCC2)cc1. The summed E-state index contributed by atoms with van der Waals surface area (Å²) < 4.78 is 11.3. The molecule has 2 aliphatic heterocycles. The Balaban J connectivity index is 1.52. The summed E-state index contributed by atoms with van der Waals surface area (Å²) in [4.78, 5) is 1.83. The van der Waals surface area contributed by atoms with E-state index in [-0.39, 0.29) is 19.3 Å². The van der Waals surface area contributed by atoms with Crippen molar-refractivity contribution in [3.63, 3.8) is 0 Å². The Morgan fingerprint density at radius 3 is 2.38 bits per heavy atom. The van der Waals surface area contributed by atoms with Gasteiger partial charge >= 0.3 is 0 Å². The zero-order valence-electron chi connectivity index (χ0n) is 14.9. The predicted octanol–water partition coefficient (Wildman–Crippen LogP) is -0.454. The molecule has 4 atom stereocenters. The first-order valence-electron chi connectivity index (χ1n) is 9.31. The first kappa shape index (κ1) is 19.5. The molecule has 2 aliphatic rings. The van der Waals surface area contributed by atoms with Gasteiger partial charge in [0, 0.05) is 25.9 Å². The zero-order valence-corrected chi connectivity index (χ0v) is 14.9. The van der Waals surface area contributed by atoms with Gasteiger partial charge in [-0.25, -0.2) is 0 Å². The fraction of sp³-hybridized carbons (Fsp3) is 0.684. The summed E-state index contributed by atoms with van der Waals surface area (Å²) in [5.74, 6) is 0.848. The van der Waals surface area contributed by atoms with Crippen molar-refractivity contribution in [1.82, 2.24) is 4.90 Å². The molecule has 7 nitrogen and oxygen atoms in total. The second-order valence-corrected chi connectivity index (χ2v) is 7.12. The van der Waals surface area contributed by atoms with E-state index in [0.717, 1.165) is 37.4 Å². The molecule has 2 heterocycles. The predicted molar refractivity (Wildman–Crippen MR) is 95.1 cm³/mol. The molecule has 0 spiro atoms. The summed E-state index contributed by atoms with van der Waals surface area (Å²) in [6.45, 7) is 2.04. The molecule has 0 aromatic heterocycles. The van der Waals surface area contributed by atoms with Gasteiger partial charge in [-0.1, -0.05) is 12.1 Å². The van der Waals surface area contributed by atoms with Crippen molar-refractivity contribution in [3.05, 3.63) is 29.8 Å². The molecular weight excluding hydrogens is 338 g/mol. The van der Waals surface area contributed by atoms with Gasteiger partial charge in [-0.3, -0.25) is 4.90 Å². The van der Waals surface area contributed by atoms with E-state index in [2.05, 4.69) is 0 Å². The molecule has 26 heavy (non-hydrogen) atoms. The normalized spacial score (nSPS) is 31.1. The average molecular weight is 367 g/mol. The minimum Gasteiger partial charge on any atom is -0.490 e. The van der Waals surface area contributed by atoms with E-state index < -0.39 is 24.4 Å². The van der Waals surface area contributed by atoms with Crippen molar-refractivity contribution in [2.45, 2.75) is 49.7 Å². The van der Waals surface area contributed by atoms with Crippen molar-refractivity contribution < 1.29 is 29.9 Å². The summed E-state index contributed by atoms with van der Waals surface area (Å²) in [5.41, 5.74) is 1.11. The minimum absolute atomic E-state index is 0.211. The summed E-state index contributed by atoms with van der Waals surface area (Å²) in [6.07, 6.45) is -0.635. The molecule has 0 amide bonds. The molecule has 0 radical (unpaired) electrons. The third-order valence-corrected chi connectivity index (χ3v) is 5.30. The highest BCUT2D eigenvalue weighted by Crippen LogP contribution is 2.21. The van der Waals surface area contributed by atoms with Crippen molar-refractivity contribution in [1.29, 1.82) is 0 Å². The lowest BCUT2D eigenvalue weighted by Gasteiger charge is -2.43. The van der Waals surface area contributed by atoms with E-state index in [1.807, 2.05) is 29.2 Å². The lowest BCUT2D eigenvalue weighted by atomic mass is 9.94. The van der Waals surface area contributed by atoms with Crippen LogP contribution >= 0.6 is 0 Å². The van der Waals surface area contributed by atoms with Crippen LogP contribution in [0.15, 0.2) is 24.3 Å². The number of nitrogens with zero attached hydrogens (tertiary/aromatic N) is 1. The number of aliphatic hydroxyl groups excluding tert-OH is 4. The van der Waals surface area contributed by atoms with Crippen molar-refractivity contribution >= 4 is 0 Å². The molecule has 146 valence electrons. The highest BCUT2D eigenvalue weighted by atomic mass is 16.5. The third-order valence-electron chi connectivity index (χ3n) is 5.30. The minimum atomic E-state index is -1.22. The number of ether oxygens (including phenoxy) is 2. The number of benzene rings is 1. The van der Waals surface area contributed by atoms with Crippen LogP contribution in [0.5, 0.6) is 5.75 Å². The lowest BCUT2D eigenvalue weighted by Crippen LogP contribution is -2.62. The highest BCUT2D eigenvalue weighted by molar-refractivity contribution is 5.27. The summed E-state index contributed by atoms with van der Waals surface area (Å²) in [6, 6.07) is 7.36. The molecule has 4 N–H and O–H groups in total. The van der Waals surface area contributed by atoms with Crippen LogP contribution in [0.25, 0.3) is 0 Å². The van der Waals surface area contributed by atoms with Crippen LogP contribution in [-0.4, -0.2) is 88.7 Å². The molecular formula is C19H29NO6. The Hall–Kier alpha value is -1.22. The number of piperidine rings is 1. The molecule has 3 rings (SSSR count). The van der Waals surface area contributed by atoms with Crippen LogP contribution < -0.4 is 4.74 Å². The number of likely N-dealkylation sites (tertiary alicyclic amines) is 1. The second kappa shape index (κ2) is 9.12. The van der Waals surface area contributed by atoms with Crippen LogP contribution in [0.3, 0.4) is 0 Å². The number of aliphatic hydroxyl groups is 4. The quantitative estimate of drug-likeness (QED) is 0.540. The smallest absolute Gasteiger partial charge is 0.119 e. The summed E-state index contributed by atoms with van der Waals surface area (Å²) in [7, 11) is 0. The van der Waals surface area contributed by atoms with E-state index in [4.69, 9.17) is 9.47 Å². The topological polar surface area (TPSA) is 103 Å². The van der Waals surface area contributed by atoms with Gasteiger partial charge in [0.2, 0.25) is 0 Å². The average Bonchev–Trinajstić information content (AvgIpc) is 2.66. The molecule has 1 aromatic rings. The van der Waals surface area contributed by atoms with Crippen LogP contribution in [0.1, 0.15) is 18.4 Å². The Bertz CT molecular complexity index is 547. The molecule has 2 saturated heterocycles. The molecule has 0 unspecified atom stereocenters. The van der Waals surface area contributed by atoms with Gasteiger partial charge in [0.05, 0.1) is 32.0 Å². The Morgan fingerprint density at radius 1 is 1.04 bits per heavy atom. The van der Waals surface area contributed by atoms with Crippen molar-refractivity contribution in [2.75, 3.05) is 32.9 Å². The van der Waals surface area contributed by atoms with Gasteiger partial charge in [-0.2, -0.15) is 0 Å². The van der Waals surface area contributed by atoms with E-state index in [1.165, 1.54) is 0 Å². The van der Waals surface area contributed by atoms with E-state index in [1.54, 1.807) is 0 Å². The van der Waals surface area contributed by atoms with Crippen LogP contribution in [0.4, 0.5) is 0 Å². The molecule has 0 saturated carbocycles. The Labute approximate surface area is 153 Å². The highest BCUT2D eigenvalue weighted by Gasteiger charge is 2.40. The van der Waals surface area contributed by atoms with Crippen molar-refractivity contribution in [3.8, 4) is 5.75 Å². The van der Waals surface area contributed by atoms with Gasteiger partial charge in [0.15, 0.2) is 0 Å². The first-order valence-corrected chi connectivity index (χ1v) is 9.31. The maximum absolute atomic E-state index is 10.0. The first-order chi connectivity index (χ1) is 12.6. The maximum atomic E-state index is 10.0. The number of β-amino-alcohol motifs (C(OH)–C–C–N with tert-alkyl or cyclic N) is 1. The number of rotatable bonds is 6. The zero-order chi connectivity index (χ0) is 18.5. The van der Waals surface area contributed by atoms with E-state index in [0.29, 0.717) is 13.0 Å². The fourth-order valence-electron chi connectivity index (χ4n) is 3.63. The Kier molecular flexibility index (Phi) is 6.86. The standard InChI is InChI=1S/C19H29NO6/c21-12-16-18(23)19(24)17(22)11-20(16)8-5-13-1-3-14(4-2-13)26-15-6-9-25-10-7-15/h1-4,15-19,21-24H,5-12H2/t16-,17-,18+,19+/m0/s1. The molecule has 0 bridgehead atoms. The molecule has 2 fully saturated rings. The lowest BCUT2D eigenvalue weighted by molar-refractivity contribution is -0.144. The van der Waals surface area contributed by atoms with Gasteiger partial charge in [-0.15, -0.1) is 0 Å². The molecule has 7 heteroatoms. The largest absolute Gasteiger partial charge is 0.490 e. The van der Waals surface area contributed by atoms with E-state index in [9.17, 15) is 20.4 Å². The molecule has 0 aliphatic carbocycles. The number of hydrogen-bond acceptors (Lipinski definition) is 7. The second-order valence-electron chi connectivity index (χ2n) is 7.12. The number of hydrogen-bond donors (Lipinski definition) is 4. The van der Waals surface area contributed by atoms with E-state index >= 15 is 0 Å². The fourth-order valence-corrected chi connectivity index (χ4v) is 3.63. The monoisotopic (exact) mass is 367 g/mol. The van der Waals surface area contributed by atoms with Crippen LogP contribution in [0, 0.1) is 0 Å².